The van der Waals surface area contributed by atoms with Gasteiger partial charge < -0.3 is 0 Å². The lowest BCUT2D eigenvalue weighted by molar-refractivity contribution is 0.984. The molecule has 0 radical (unpaired) electrons. The molecule has 0 N–H and O–H groups in total. The highest BCUT2D eigenvalue weighted by Crippen LogP contribution is 2.23. The second kappa shape index (κ2) is 7.22. The van der Waals surface area contributed by atoms with Gasteiger partial charge in [-0.25, -0.2) is 0 Å². The van der Waals surface area contributed by atoms with Crippen LogP contribution >= 0.6 is 46.2 Å². The SMILES string of the molecule is Cc1nnc(SC/C=C\CSc2nnc(C)s2)s1. The van der Waals surface area contributed by atoms with Crippen LogP contribution in [0.4, 0.5) is 0 Å². The van der Waals surface area contributed by atoms with Gasteiger partial charge in [0.05, 0.1) is 0 Å². The highest BCUT2D eigenvalue weighted by molar-refractivity contribution is 8.01. The topological polar surface area (TPSA) is 51.6 Å². The van der Waals surface area contributed by atoms with Gasteiger partial charge in [-0.05, 0) is 13.8 Å². The first-order valence-corrected chi connectivity index (χ1v) is 8.85. The van der Waals surface area contributed by atoms with Crippen molar-refractivity contribution in [2.24, 2.45) is 0 Å². The first kappa shape index (κ1) is 14.0. The average molecular weight is 317 g/mol. The molecule has 0 spiro atoms. The molecule has 0 aliphatic heterocycles. The van der Waals surface area contributed by atoms with E-state index in [1.807, 2.05) is 13.8 Å². The Morgan fingerprint density at radius 2 is 1.28 bits per heavy atom. The lowest BCUT2D eigenvalue weighted by atomic mass is 10.6. The molecule has 2 aromatic heterocycles. The second-order valence-electron chi connectivity index (χ2n) is 3.27. The second-order valence-corrected chi connectivity index (χ2v) is 8.16. The predicted octanol–water partition coefficient (Wildman–Crippen LogP) is 3.45. The number of aromatic nitrogens is 4. The molecule has 0 saturated heterocycles. The molecule has 0 bridgehead atoms. The van der Waals surface area contributed by atoms with Crippen molar-refractivity contribution in [2.75, 3.05) is 11.5 Å². The Labute approximate surface area is 122 Å². The number of hydrogen-bond acceptors (Lipinski definition) is 8. The Bertz CT molecular complexity index is 473. The van der Waals surface area contributed by atoms with Crippen molar-refractivity contribution in [1.82, 2.24) is 20.4 Å². The van der Waals surface area contributed by atoms with Crippen LogP contribution in [0.1, 0.15) is 10.0 Å². The zero-order valence-electron chi connectivity index (χ0n) is 9.99. The van der Waals surface area contributed by atoms with Crippen LogP contribution in [-0.4, -0.2) is 31.9 Å². The Kier molecular flexibility index (Phi) is 5.61. The van der Waals surface area contributed by atoms with E-state index in [-0.39, 0.29) is 0 Å². The summed E-state index contributed by atoms with van der Waals surface area (Å²) in [4.78, 5) is 0. The number of rotatable bonds is 6. The molecule has 18 heavy (non-hydrogen) atoms. The summed E-state index contributed by atoms with van der Waals surface area (Å²) in [5.74, 6) is 1.87. The van der Waals surface area contributed by atoms with E-state index in [0.29, 0.717) is 0 Å². The molecule has 0 saturated carbocycles. The number of nitrogens with zero attached hydrogens (tertiary/aromatic N) is 4. The lowest BCUT2D eigenvalue weighted by Gasteiger charge is -1.90. The van der Waals surface area contributed by atoms with Gasteiger partial charge in [0.25, 0.3) is 0 Å². The molecular formula is C10H12N4S4. The molecule has 2 rings (SSSR count). The van der Waals surface area contributed by atoms with Crippen LogP contribution in [0.3, 0.4) is 0 Å². The van der Waals surface area contributed by atoms with Crippen LogP contribution in [0, 0.1) is 13.8 Å². The zero-order valence-corrected chi connectivity index (χ0v) is 13.3. The van der Waals surface area contributed by atoms with Gasteiger partial charge in [-0.1, -0.05) is 58.3 Å². The fourth-order valence-electron chi connectivity index (χ4n) is 1.05. The fourth-order valence-corrected chi connectivity index (χ4v) is 4.43. The third kappa shape index (κ3) is 4.68. The summed E-state index contributed by atoms with van der Waals surface area (Å²) in [6.45, 7) is 3.94. The van der Waals surface area contributed by atoms with E-state index in [1.165, 1.54) is 0 Å². The third-order valence-corrected chi connectivity index (χ3v) is 5.64. The van der Waals surface area contributed by atoms with E-state index >= 15 is 0 Å². The highest BCUT2D eigenvalue weighted by Gasteiger charge is 2.00. The Morgan fingerprint density at radius 1 is 0.833 bits per heavy atom. The van der Waals surface area contributed by atoms with Crippen LogP contribution in [0.15, 0.2) is 20.8 Å². The number of hydrogen-bond donors (Lipinski definition) is 0. The molecule has 96 valence electrons. The maximum absolute atomic E-state index is 4.06. The van der Waals surface area contributed by atoms with Gasteiger partial charge in [0, 0.05) is 11.5 Å². The van der Waals surface area contributed by atoms with Gasteiger partial charge in [-0.15, -0.1) is 20.4 Å². The molecule has 8 heteroatoms. The molecule has 2 aromatic rings. The van der Waals surface area contributed by atoms with Crippen molar-refractivity contribution in [1.29, 1.82) is 0 Å². The maximum Gasteiger partial charge on any atom is 0.174 e. The summed E-state index contributed by atoms with van der Waals surface area (Å²) >= 11 is 6.70. The molecule has 0 aliphatic rings. The minimum Gasteiger partial charge on any atom is -0.143 e. The highest BCUT2D eigenvalue weighted by atomic mass is 32.2. The van der Waals surface area contributed by atoms with Gasteiger partial charge in [0.1, 0.15) is 10.0 Å². The van der Waals surface area contributed by atoms with Gasteiger partial charge in [-0.3, -0.25) is 0 Å². The molecule has 0 atom stereocenters. The number of aryl methyl sites for hydroxylation is 2. The van der Waals surface area contributed by atoms with Crippen LogP contribution in [0.5, 0.6) is 0 Å². The minimum absolute atomic E-state index is 0.935. The Hall–Kier alpha value is -0.440. The smallest absolute Gasteiger partial charge is 0.143 e. The maximum atomic E-state index is 4.06. The normalized spacial score (nSPS) is 11.4. The first-order chi connectivity index (χ1) is 8.74. The van der Waals surface area contributed by atoms with Crippen molar-refractivity contribution < 1.29 is 0 Å². The van der Waals surface area contributed by atoms with Crippen molar-refractivity contribution in [3.63, 3.8) is 0 Å². The van der Waals surface area contributed by atoms with Crippen molar-refractivity contribution in [3.8, 4) is 0 Å². The van der Waals surface area contributed by atoms with E-state index in [2.05, 4.69) is 32.5 Å². The van der Waals surface area contributed by atoms with Gasteiger partial charge in [-0.2, -0.15) is 0 Å². The monoisotopic (exact) mass is 316 g/mol. The van der Waals surface area contributed by atoms with Crippen LogP contribution in [0.25, 0.3) is 0 Å². The Morgan fingerprint density at radius 3 is 1.61 bits per heavy atom. The molecular weight excluding hydrogens is 304 g/mol. The predicted molar refractivity (Wildman–Crippen MR) is 79.9 cm³/mol. The Balaban J connectivity index is 1.63. The van der Waals surface area contributed by atoms with Gasteiger partial charge >= 0.3 is 0 Å². The fraction of sp³-hybridized carbons (Fsp3) is 0.400. The molecule has 0 aromatic carbocycles. The molecule has 0 unspecified atom stereocenters. The van der Waals surface area contributed by atoms with Crippen molar-refractivity contribution >= 4 is 46.2 Å². The molecule has 0 fully saturated rings. The molecule has 2 heterocycles. The summed E-state index contributed by atoms with van der Waals surface area (Å²) in [5.41, 5.74) is 0. The number of thioether (sulfide) groups is 2. The summed E-state index contributed by atoms with van der Waals surface area (Å²) in [5, 5.41) is 18.1. The summed E-state index contributed by atoms with van der Waals surface area (Å²) in [6.07, 6.45) is 4.31. The van der Waals surface area contributed by atoms with E-state index < -0.39 is 0 Å². The van der Waals surface area contributed by atoms with Crippen molar-refractivity contribution in [2.45, 2.75) is 22.5 Å². The van der Waals surface area contributed by atoms with E-state index in [1.54, 1.807) is 46.2 Å². The molecule has 0 aliphatic carbocycles. The van der Waals surface area contributed by atoms with Crippen LogP contribution in [-0.2, 0) is 0 Å². The van der Waals surface area contributed by atoms with E-state index in [9.17, 15) is 0 Å². The summed E-state index contributed by atoms with van der Waals surface area (Å²) in [7, 11) is 0. The largest absolute Gasteiger partial charge is 0.174 e. The van der Waals surface area contributed by atoms with Crippen molar-refractivity contribution in [3.05, 3.63) is 22.2 Å². The van der Waals surface area contributed by atoms with Gasteiger partial charge in [0.15, 0.2) is 8.68 Å². The van der Waals surface area contributed by atoms with Gasteiger partial charge in [0.2, 0.25) is 0 Å². The van der Waals surface area contributed by atoms with Crippen LogP contribution in [0.2, 0.25) is 0 Å². The van der Waals surface area contributed by atoms with E-state index in [4.69, 9.17) is 0 Å². The summed E-state index contributed by atoms with van der Waals surface area (Å²) < 4.78 is 2.06. The quantitative estimate of drug-likeness (QED) is 0.601. The average Bonchev–Trinajstić information content (AvgIpc) is 2.93. The minimum atomic E-state index is 0.935. The van der Waals surface area contributed by atoms with E-state index in [0.717, 1.165) is 30.2 Å². The standard InChI is InChI=1S/C10H12N4S4/c1-7-11-13-9(17-7)15-5-3-4-6-16-10-14-12-8(2)18-10/h3-4H,5-6H2,1-2H3/b4-3-. The third-order valence-electron chi connectivity index (χ3n) is 1.79. The summed E-state index contributed by atoms with van der Waals surface area (Å²) in [6, 6.07) is 0. The zero-order chi connectivity index (χ0) is 12.8. The first-order valence-electron chi connectivity index (χ1n) is 5.25. The lowest BCUT2D eigenvalue weighted by Crippen LogP contribution is -1.76. The molecule has 4 nitrogen and oxygen atoms in total. The molecule has 0 amide bonds. The van der Waals surface area contributed by atoms with Crippen LogP contribution < -0.4 is 0 Å².